The van der Waals surface area contributed by atoms with Crippen LogP contribution in [0.4, 0.5) is 5.69 Å². The van der Waals surface area contributed by atoms with Crippen LogP contribution in [-0.2, 0) is 6.42 Å². The monoisotopic (exact) mass is 249 g/mol. The summed E-state index contributed by atoms with van der Waals surface area (Å²) in [4.78, 5) is 4.52. The minimum Gasteiger partial charge on any atom is -0.373 e. The van der Waals surface area contributed by atoms with Crippen LogP contribution < -0.4 is 10.6 Å². The van der Waals surface area contributed by atoms with E-state index in [0.717, 1.165) is 19.5 Å². The van der Waals surface area contributed by atoms with Crippen molar-refractivity contribution in [3.8, 4) is 0 Å². The first-order chi connectivity index (χ1) is 8.40. The Morgan fingerprint density at radius 3 is 2.39 bits per heavy atom. The first-order valence-electron chi connectivity index (χ1n) is 6.61. The molecular formula is C15H27N3. The van der Waals surface area contributed by atoms with Gasteiger partial charge in [-0.3, -0.25) is 0 Å². The van der Waals surface area contributed by atoms with E-state index in [0.29, 0.717) is 0 Å². The third kappa shape index (κ3) is 4.67. The molecule has 0 fully saturated rings. The van der Waals surface area contributed by atoms with E-state index >= 15 is 0 Å². The summed E-state index contributed by atoms with van der Waals surface area (Å²) in [6.45, 7) is 6.28. The van der Waals surface area contributed by atoms with Crippen LogP contribution in [0.1, 0.15) is 18.1 Å². The molecule has 0 amide bonds. The number of benzene rings is 1. The van der Waals surface area contributed by atoms with Gasteiger partial charge < -0.3 is 15.5 Å². The summed E-state index contributed by atoms with van der Waals surface area (Å²) in [6.07, 6.45) is 0.934. The molecule has 0 bridgehead atoms. The number of rotatable bonds is 6. The normalized spacial score (nSPS) is 12.8. The number of nitrogens with two attached hydrogens (primary N) is 1. The Balaban J connectivity index is 2.85. The lowest BCUT2D eigenvalue weighted by atomic mass is 10.0. The maximum Gasteiger partial charge on any atom is 0.0397 e. The molecule has 0 aliphatic heterocycles. The molecule has 0 aromatic heterocycles. The molecule has 0 radical (unpaired) electrons. The maximum absolute atomic E-state index is 5.94. The number of nitrogens with zero attached hydrogens (tertiary/aromatic N) is 2. The van der Waals surface area contributed by atoms with Gasteiger partial charge in [-0.1, -0.05) is 17.7 Å². The Morgan fingerprint density at radius 1 is 1.17 bits per heavy atom. The zero-order valence-electron chi connectivity index (χ0n) is 12.4. The van der Waals surface area contributed by atoms with Gasteiger partial charge in [-0.25, -0.2) is 0 Å². The molecule has 2 N–H and O–H groups in total. The molecule has 0 saturated heterocycles. The predicted molar refractivity (Wildman–Crippen MR) is 80.4 cm³/mol. The fraction of sp³-hybridized carbons (Fsp3) is 0.600. The maximum atomic E-state index is 5.94. The summed E-state index contributed by atoms with van der Waals surface area (Å²) in [6, 6.07) is 6.84. The van der Waals surface area contributed by atoms with Gasteiger partial charge in [0.25, 0.3) is 0 Å². The third-order valence-electron chi connectivity index (χ3n) is 3.07. The van der Waals surface area contributed by atoms with Crippen LogP contribution in [-0.4, -0.2) is 45.2 Å². The van der Waals surface area contributed by atoms with Gasteiger partial charge in [-0.2, -0.15) is 0 Å². The average molecular weight is 249 g/mol. The fourth-order valence-corrected chi connectivity index (χ4v) is 2.07. The van der Waals surface area contributed by atoms with Crippen molar-refractivity contribution in [1.82, 2.24) is 4.90 Å². The molecule has 1 atom stereocenters. The van der Waals surface area contributed by atoms with E-state index in [2.05, 4.69) is 63.0 Å². The van der Waals surface area contributed by atoms with E-state index in [4.69, 9.17) is 5.73 Å². The standard InChI is InChI=1S/C15H27N3/c1-12-6-7-15(14(10-12)11-13(2)16)18(5)9-8-17(3)4/h6-7,10,13H,8-9,11,16H2,1-5H3. The van der Waals surface area contributed by atoms with E-state index in [-0.39, 0.29) is 6.04 Å². The minimum atomic E-state index is 0.202. The Morgan fingerprint density at radius 2 is 1.83 bits per heavy atom. The zero-order chi connectivity index (χ0) is 13.7. The van der Waals surface area contributed by atoms with Crippen molar-refractivity contribution in [2.45, 2.75) is 26.3 Å². The van der Waals surface area contributed by atoms with Gasteiger partial charge in [0.2, 0.25) is 0 Å². The molecule has 0 saturated carbocycles. The fourth-order valence-electron chi connectivity index (χ4n) is 2.07. The van der Waals surface area contributed by atoms with Crippen LogP contribution in [0.25, 0.3) is 0 Å². The quantitative estimate of drug-likeness (QED) is 0.835. The van der Waals surface area contributed by atoms with Crippen molar-refractivity contribution in [2.75, 3.05) is 39.1 Å². The van der Waals surface area contributed by atoms with Crippen LogP contribution >= 0.6 is 0 Å². The van der Waals surface area contributed by atoms with Crippen LogP contribution in [0.2, 0.25) is 0 Å². The number of likely N-dealkylation sites (N-methyl/N-ethyl adjacent to an activating group) is 2. The Kier molecular flexibility index (Phi) is 5.63. The predicted octanol–water partition coefficient (Wildman–Crippen LogP) is 1.88. The van der Waals surface area contributed by atoms with E-state index in [1.807, 2.05) is 0 Å². The Hall–Kier alpha value is -1.06. The molecule has 0 spiro atoms. The largest absolute Gasteiger partial charge is 0.373 e. The highest BCUT2D eigenvalue weighted by Gasteiger charge is 2.09. The number of aryl methyl sites for hydroxylation is 1. The highest BCUT2D eigenvalue weighted by molar-refractivity contribution is 5.54. The second-order valence-electron chi connectivity index (χ2n) is 5.54. The summed E-state index contributed by atoms with van der Waals surface area (Å²) < 4.78 is 0. The number of hydrogen-bond acceptors (Lipinski definition) is 3. The average Bonchev–Trinajstić information content (AvgIpc) is 2.25. The van der Waals surface area contributed by atoms with Crippen LogP contribution in [0.5, 0.6) is 0 Å². The van der Waals surface area contributed by atoms with Crippen molar-refractivity contribution >= 4 is 5.69 Å². The third-order valence-corrected chi connectivity index (χ3v) is 3.07. The minimum absolute atomic E-state index is 0.202. The molecule has 1 aromatic carbocycles. The van der Waals surface area contributed by atoms with Gasteiger partial charge in [0.15, 0.2) is 0 Å². The SMILES string of the molecule is Cc1ccc(N(C)CCN(C)C)c(CC(C)N)c1. The molecule has 1 aromatic rings. The van der Waals surface area contributed by atoms with Gasteiger partial charge in [0.1, 0.15) is 0 Å². The van der Waals surface area contributed by atoms with E-state index < -0.39 is 0 Å². The first kappa shape index (κ1) is 15.0. The van der Waals surface area contributed by atoms with Crippen LogP contribution in [0.3, 0.4) is 0 Å². The van der Waals surface area contributed by atoms with Crippen molar-refractivity contribution in [1.29, 1.82) is 0 Å². The first-order valence-corrected chi connectivity index (χ1v) is 6.61. The lowest BCUT2D eigenvalue weighted by Gasteiger charge is -2.25. The second kappa shape index (κ2) is 6.76. The van der Waals surface area contributed by atoms with Gasteiger partial charge in [-0.05, 0) is 46.0 Å². The lowest BCUT2D eigenvalue weighted by molar-refractivity contribution is 0.416. The van der Waals surface area contributed by atoms with Gasteiger partial charge in [0, 0.05) is 31.9 Å². The highest BCUT2D eigenvalue weighted by atomic mass is 15.2. The molecule has 102 valence electrons. The number of hydrogen-bond donors (Lipinski definition) is 1. The number of anilines is 1. The molecule has 0 heterocycles. The van der Waals surface area contributed by atoms with Crippen molar-refractivity contribution in [3.63, 3.8) is 0 Å². The molecule has 3 nitrogen and oxygen atoms in total. The van der Waals surface area contributed by atoms with Crippen LogP contribution in [0, 0.1) is 6.92 Å². The molecule has 1 unspecified atom stereocenters. The summed E-state index contributed by atoms with van der Waals surface area (Å²) >= 11 is 0. The summed E-state index contributed by atoms with van der Waals surface area (Å²) in [7, 11) is 6.36. The van der Waals surface area contributed by atoms with E-state index in [1.54, 1.807) is 0 Å². The van der Waals surface area contributed by atoms with Gasteiger partial charge >= 0.3 is 0 Å². The van der Waals surface area contributed by atoms with Gasteiger partial charge in [0.05, 0.1) is 0 Å². The van der Waals surface area contributed by atoms with Crippen molar-refractivity contribution in [2.24, 2.45) is 5.73 Å². The second-order valence-corrected chi connectivity index (χ2v) is 5.54. The Bertz CT molecular complexity index is 372. The van der Waals surface area contributed by atoms with Gasteiger partial charge in [-0.15, -0.1) is 0 Å². The summed E-state index contributed by atoms with van der Waals surface area (Å²) in [5.74, 6) is 0. The van der Waals surface area contributed by atoms with E-state index in [9.17, 15) is 0 Å². The summed E-state index contributed by atoms with van der Waals surface area (Å²) in [5, 5.41) is 0. The molecule has 1 rings (SSSR count). The molecule has 3 heteroatoms. The summed E-state index contributed by atoms with van der Waals surface area (Å²) in [5.41, 5.74) is 9.90. The molecular weight excluding hydrogens is 222 g/mol. The smallest absolute Gasteiger partial charge is 0.0397 e. The molecule has 0 aliphatic rings. The Labute approximate surface area is 112 Å². The lowest BCUT2D eigenvalue weighted by Crippen LogP contribution is -2.29. The van der Waals surface area contributed by atoms with Crippen molar-refractivity contribution in [3.05, 3.63) is 29.3 Å². The topological polar surface area (TPSA) is 32.5 Å². The molecule has 18 heavy (non-hydrogen) atoms. The van der Waals surface area contributed by atoms with E-state index in [1.165, 1.54) is 16.8 Å². The highest BCUT2D eigenvalue weighted by Crippen LogP contribution is 2.22. The van der Waals surface area contributed by atoms with Crippen LogP contribution in [0.15, 0.2) is 18.2 Å². The zero-order valence-corrected chi connectivity index (χ0v) is 12.4. The molecule has 0 aliphatic carbocycles. The van der Waals surface area contributed by atoms with Crippen molar-refractivity contribution < 1.29 is 0 Å².